The van der Waals surface area contributed by atoms with Crippen LogP contribution in [0.3, 0.4) is 0 Å². The average molecular weight is 278 g/mol. The third kappa shape index (κ3) is 2.42. The minimum absolute atomic E-state index is 0.0428. The van der Waals surface area contributed by atoms with Crippen molar-refractivity contribution in [2.24, 2.45) is 0 Å². The third-order valence-electron chi connectivity index (χ3n) is 2.72. The van der Waals surface area contributed by atoms with Crippen LogP contribution in [0.2, 0.25) is 0 Å². The molecule has 0 N–H and O–H groups in total. The standard InChI is InChI=1S/C14H11FO3S/c1-10-4-2-5-11(8-10)19(17,18)14-7-3-6-13(15)12(14)9-16/h2-9H,1H3. The van der Waals surface area contributed by atoms with Crippen molar-refractivity contribution in [3.05, 3.63) is 59.4 Å². The maximum absolute atomic E-state index is 13.5. The van der Waals surface area contributed by atoms with Gasteiger partial charge in [0.1, 0.15) is 5.82 Å². The van der Waals surface area contributed by atoms with Gasteiger partial charge >= 0.3 is 0 Å². The van der Waals surface area contributed by atoms with E-state index in [2.05, 4.69) is 0 Å². The number of aldehydes is 1. The monoisotopic (exact) mass is 278 g/mol. The van der Waals surface area contributed by atoms with E-state index >= 15 is 0 Å². The maximum Gasteiger partial charge on any atom is 0.207 e. The fourth-order valence-corrected chi connectivity index (χ4v) is 3.32. The van der Waals surface area contributed by atoms with Crippen molar-refractivity contribution in [1.82, 2.24) is 0 Å². The first kappa shape index (κ1) is 13.4. The Hall–Kier alpha value is -2.01. The normalized spacial score (nSPS) is 11.3. The second-order valence-electron chi connectivity index (χ2n) is 4.09. The summed E-state index contributed by atoms with van der Waals surface area (Å²) in [5.41, 5.74) is 0.328. The molecule has 0 aromatic heterocycles. The highest BCUT2D eigenvalue weighted by molar-refractivity contribution is 7.91. The Morgan fingerprint density at radius 2 is 1.79 bits per heavy atom. The molecule has 2 aromatic carbocycles. The topological polar surface area (TPSA) is 51.2 Å². The Kier molecular flexibility index (Phi) is 3.48. The van der Waals surface area contributed by atoms with Crippen molar-refractivity contribution < 1.29 is 17.6 Å². The van der Waals surface area contributed by atoms with Gasteiger partial charge in [-0.25, -0.2) is 12.8 Å². The first-order chi connectivity index (χ1) is 8.96. The third-order valence-corrected chi connectivity index (χ3v) is 4.53. The number of hydrogen-bond donors (Lipinski definition) is 0. The predicted molar refractivity (Wildman–Crippen MR) is 68.4 cm³/mol. The summed E-state index contributed by atoms with van der Waals surface area (Å²) in [5.74, 6) is -0.844. The van der Waals surface area contributed by atoms with E-state index in [1.807, 2.05) is 0 Å². The van der Waals surface area contributed by atoms with E-state index in [1.165, 1.54) is 24.3 Å². The molecule has 5 heteroatoms. The molecule has 0 amide bonds. The number of carbonyl (C=O) groups excluding carboxylic acids is 1. The number of rotatable bonds is 3. The highest BCUT2D eigenvalue weighted by atomic mass is 32.2. The molecule has 0 bridgehead atoms. The smallest absolute Gasteiger partial charge is 0.207 e. The summed E-state index contributed by atoms with van der Waals surface area (Å²) >= 11 is 0. The first-order valence-electron chi connectivity index (χ1n) is 5.52. The van der Waals surface area contributed by atoms with E-state index in [0.717, 1.165) is 11.6 Å². The number of sulfone groups is 1. The first-order valence-corrected chi connectivity index (χ1v) is 7.00. The summed E-state index contributed by atoms with van der Waals surface area (Å²) in [6.07, 6.45) is 0.220. The second kappa shape index (κ2) is 4.93. The molecule has 0 spiro atoms. The number of aryl methyl sites for hydroxylation is 1. The summed E-state index contributed by atoms with van der Waals surface area (Å²) in [6, 6.07) is 9.80. The molecule has 0 aliphatic rings. The van der Waals surface area contributed by atoms with E-state index in [-0.39, 0.29) is 16.1 Å². The van der Waals surface area contributed by atoms with E-state index in [1.54, 1.807) is 19.1 Å². The predicted octanol–water partition coefficient (Wildman–Crippen LogP) is 2.78. The fraction of sp³-hybridized carbons (Fsp3) is 0.0714. The molecule has 0 unspecified atom stereocenters. The van der Waals surface area contributed by atoms with Gasteiger partial charge in [0, 0.05) is 0 Å². The molecule has 0 heterocycles. The SMILES string of the molecule is Cc1cccc(S(=O)(=O)c2cccc(F)c2C=O)c1. The van der Waals surface area contributed by atoms with Gasteiger partial charge < -0.3 is 0 Å². The van der Waals surface area contributed by atoms with Crippen LogP contribution in [0.25, 0.3) is 0 Å². The van der Waals surface area contributed by atoms with Gasteiger partial charge in [0.25, 0.3) is 0 Å². The van der Waals surface area contributed by atoms with Crippen LogP contribution in [0.4, 0.5) is 4.39 Å². The van der Waals surface area contributed by atoms with E-state index in [9.17, 15) is 17.6 Å². The van der Waals surface area contributed by atoms with Gasteiger partial charge in [-0.15, -0.1) is 0 Å². The summed E-state index contributed by atoms with van der Waals surface area (Å²) in [4.78, 5) is 10.6. The fourth-order valence-electron chi connectivity index (χ4n) is 1.78. The average Bonchev–Trinajstić information content (AvgIpc) is 2.38. The van der Waals surface area contributed by atoms with Crippen molar-refractivity contribution in [3.63, 3.8) is 0 Å². The molecule has 0 aliphatic carbocycles. The van der Waals surface area contributed by atoms with E-state index in [0.29, 0.717) is 0 Å². The minimum Gasteiger partial charge on any atom is -0.298 e. The summed E-state index contributed by atoms with van der Waals surface area (Å²) in [7, 11) is -3.90. The van der Waals surface area contributed by atoms with Crippen LogP contribution in [-0.2, 0) is 9.84 Å². The van der Waals surface area contributed by atoms with Crippen molar-refractivity contribution >= 4 is 16.1 Å². The maximum atomic E-state index is 13.5. The Balaban J connectivity index is 2.70. The van der Waals surface area contributed by atoms with Gasteiger partial charge in [-0.1, -0.05) is 18.2 Å². The lowest BCUT2D eigenvalue weighted by molar-refractivity contribution is 0.111. The molecule has 2 aromatic rings. The lowest BCUT2D eigenvalue weighted by Crippen LogP contribution is -2.07. The zero-order chi connectivity index (χ0) is 14.0. The molecular weight excluding hydrogens is 267 g/mol. The zero-order valence-corrected chi connectivity index (χ0v) is 10.9. The largest absolute Gasteiger partial charge is 0.298 e. The summed E-state index contributed by atoms with van der Waals surface area (Å²) in [5, 5.41) is 0. The second-order valence-corrected chi connectivity index (χ2v) is 6.01. The highest BCUT2D eigenvalue weighted by Crippen LogP contribution is 2.25. The molecule has 98 valence electrons. The van der Waals surface area contributed by atoms with Crippen LogP contribution in [-0.4, -0.2) is 14.7 Å². The molecule has 3 nitrogen and oxygen atoms in total. The van der Waals surface area contributed by atoms with Gasteiger partial charge in [-0.05, 0) is 36.8 Å². The Labute approximate surface area is 110 Å². The lowest BCUT2D eigenvalue weighted by Gasteiger charge is -2.08. The molecule has 2 rings (SSSR count). The van der Waals surface area contributed by atoms with E-state index < -0.39 is 21.2 Å². The molecule has 0 fully saturated rings. The molecular formula is C14H11FO3S. The molecule has 0 atom stereocenters. The number of hydrogen-bond acceptors (Lipinski definition) is 3. The van der Waals surface area contributed by atoms with Gasteiger partial charge in [0.05, 0.1) is 15.4 Å². The number of halogens is 1. The highest BCUT2D eigenvalue weighted by Gasteiger charge is 2.23. The lowest BCUT2D eigenvalue weighted by atomic mass is 10.2. The zero-order valence-electron chi connectivity index (χ0n) is 10.1. The Bertz CT molecular complexity index is 736. The van der Waals surface area contributed by atoms with Crippen LogP contribution >= 0.6 is 0 Å². The Morgan fingerprint density at radius 1 is 1.11 bits per heavy atom. The molecule has 0 radical (unpaired) electrons. The van der Waals surface area contributed by atoms with Crippen molar-refractivity contribution in [2.75, 3.05) is 0 Å². The van der Waals surface area contributed by atoms with E-state index in [4.69, 9.17) is 0 Å². The quantitative estimate of drug-likeness (QED) is 0.811. The molecule has 0 saturated carbocycles. The molecule has 0 saturated heterocycles. The van der Waals surface area contributed by atoms with Crippen LogP contribution < -0.4 is 0 Å². The van der Waals surface area contributed by atoms with Crippen LogP contribution in [0.15, 0.2) is 52.3 Å². The van der Waals surface area contributed by atoms with Crippen molar-refractivity contribution in [3.8, 4) is 0 Å². The molecule has 19 heavy (non-hydrogen) atoms. The van der Waals surface area contributed by atoms with Crippen molar-refractivity contribution in [1.29, 1.82) is 0 Å². The van der Waals surface area contributed by atoms with Gasteiger partial charge in [0.15, 0.2) is 6.29 Å². The molecule has 0 aliphatic heterocycles. The van der Waals surface area contributed by atoms with Gasteiger partial charge in [0.2, 0.25) is 9.84 Å². The van der Waals surface area contributed by atoms with Crippen LogP contribution in [0.5, 0.6) is 0 Å². The summed E-state index contributed by atoms with van der Waals surface area (Å²) in [6.45, 7) is 1.76. The van der Waals surface area contributed by atoms with Crippen molar-refractivity contribution in [2.45, 2.75) is 16.7 Å². The summed E-state index contributed by atoms with van der Waals surface area (Å²) < 4.78 is 38.3. The number of benzene rings is 2. The number of carbonyl (C=O) groups is 1. The van der Waals surface area contributed by atoms with Gasteiger partial charge in [-0.3, -0.25) is 4.79 Å². The Morgan fingerprint density at radius 3 is 2.42 bits per heavy atom. The minimum atomic E-state index is -3.90. The van der Waals surface area contributed by atoms with Crippen LogP contribution in [0, 0.1) is 12.7 Å². The van der Waals surface area contributed by atoms with Crippen LogP contribution in [0.1, 0.15) is 15.9 Å². The van der Waals surface area contributed by atoms with Gasteiger partial charge in [-0.2, -0.15) is 0 Å².